The van der Waals surface area contributed by atoms with E-state index >= 15 is 0 Å². The summed E-state index contributed by atoms with van der Waals surface area (Å²) in [6.07, 6.45) is 0. The topological polar surface area (TPSA) is 102 Å². The molecule has 0 aliphatic rings. The normalized spacial score (nSPS) is 10.9. The highest BCUT2D eigenvalue weighted by Gasteiger charge is 2.51. The van der Waals surface area contributed by atoms with Gasteiger partial charge in [0, 0.05) is 0 Å². The van der Waals surface area contributed by atoms with Gasteiger partial charge in [0.05, 0.1) is 18.8 Å². The lowest BCUT2D eigenvalue weighted by atomic mass is 9.92. The molecule has 138 valence electrons. The highest BCUT2D eigenvalue weighted by Crippen LogP contribution is 2.36. The number of phenolic OH excluding ortho intramolecular Hbond substituents is 1. The molecule has 0 saturated carbocycles. The third kappa shape index (κ3) is 3.94. The van der Waals surface area contributed by atoms with Crippen molar-refractivity contribution in [3.63, 3.8) is 0 Å². The summed E-state index contributed by atoms with van der Waals surface area (Å²) in [4.78, 5) is 24.6. The first-order valence-electron chi connectivity index (χ1n) is 8.06. The van der Waals surface area contributed by atoms with Crippen LogP contribution in [-0.4, -0.2) is 35.4 Å². The minimum atomic E-state index is -2.81. The highest BCUT2D eigenvalue weighted by molar-refractivity contribution is 6.04. The molecule has 0 saturated heterocycles. The van der Waals surface area contributed by atoms with Crippen LogP contribution in [0.3, 0.4) is 0 Å². The van der Waals surface area contributed by atoms with Crippen molar-refractivity contribution >= 4 is 11.9 Å². The Kier molecular flexibility index (Phi) is 6.19. The first kappa shape index (κ1) is 19.3. The predicted molar refractivity (Wildman–Crippen MR) is 91.8 cm³/mol. The maximum Gasteiger partial charge on any atom is 0.355 e. The van der Waals surface area contributed by atoms with Crippen LogP contribution in [0.5, 0.6) is 17.2 Å². The molecule has 7 nitrogen and oxygen atoms in total. The molecule has 26 heavy (non-hydrogen) atoms. The molecule has 0 aliphatic carbocycles. The summed E-state index contributed by atoms with van der Waals surface area (Å²) >= 11 is 0. The molecule has 2 N–H and O–H groups in total. The molecule has 0 bridgehead atoms. The quantitative estimate of drug-likeness (QED) is 0.578. The van der Waals surface area contributed by atoms with E-state index in [1.54, 1.807) is 24.3 Å². The van der Waals surface area contributed by atoms with Crippen molar-refractivity contribution in [1.82, 2.24) is 0 Å². The van der Waals surface area contributed by atoms with Crippen LogP contribution in [0.4, 0.5) is 0 Å². The molecular weight excluding hydrogens is 340 g/mol. The number of para-hydroxylation sites is 1. The van der Waals surface area contributed by atoms with Gasteiger partial charge in [-0.25, -0.2) is 9.59 Å². The molecule has 2 aromatic carbocycles. The number of hydrogen-bond donors (Lipinski definition) is 2. The van der Waals surface area contributed by atoms with Crippen molar-refractivity contribution in [2.75, 3.05) is 13.2 Å². The Morgan fingerprint density at radius 3 is 2.04 bits per heavy atom. The van der Waals surface area contributed by atoms with Gasteiger partial charge in [0.1, 0.15) is 17.2 Å². The third-order valence-electron chi connectivity index (χ3n) is 3.48. The average Bonchev–Trinajstić information content (AvgIpc) is 2.64. The number of rotatable bonds is 7. The third-order valence-corrected chi connectivity index (χ3v) is 3.48. The average molecular weight is 360 g/mol. The van der Waals surface area contributed by atoms with Crippen molar-refractivity contribution in [1.29, 1.82) is 0 Å². The summed E-state index contributed by atoms with van der Waals surface area (Å²) in [5.74, 6) is -2.26. The van der Waals surface area contributed by atoms with Crippen molar-refractivity contribution in [2.45, 2.75) is 19.4 Å². The van der Waals surface area contributed by atoms with Crippen LogP contribution in [-0.2, 0) is 24.7 Å². The number of esters is 2. The molecule has 0 aliphatic heterocycles. The zero-order valence-electron chi connectivity index (χ0n) is 14.5. The lowest BCUT2D eigenvalue weighted by Crippen LogP contribution is -2.46. The number of aromatic hydroxyl groups is 1. The van der Waals surface area contributed by atoms with E-state index in [1.165, 1.54) is 32.0 Å². The molecule has 0 radical (unpaired) electrons. The second-order valence-corrected chi connectivity index (χ2v) is 5.25. The molecule has 0 fully saturated rings. The maximum atomic E-state index is 12.3. The molecule has 0 unspecified atom stereocenters. The summed E-state index contributed by atoms with van der Waals surface area (Å²) < 4.78 is 15.2. The second kappa shape index (κ2) is 8.35. The number of ether oxygens (including phenoxy) is 3. The molecule has 2 rings (SSSR count). The van der Waals surface area contributed by atoms with Gasteiger partial charge in [0.25, 0.3) is 5.60 Å². The van der Waals surface area contributed by atoms with Crippen LogP contribution >= 0.6 is 0 Å². The Morgan fingerprint density at radius 2 is 1.50 bits per heavy atom. The van der Waals surface area contributed by atoms with Crippen LogP contribution in [0.2, 0.25) is 0 Å². The SMILES string of the molecule is CCOC(=O)C(O)(C(=O)OCC)c1cc(Oc2ccccc2)ccc1O. The Hall–Kier alpha value is -3.06. The second-order valence-electron chi connectivity index (χ2n) is 5.25. The fourth-order valence-electron chi connectivity index (χ4n) is 2.27. The van der Waals surface area contributed by atoms with E-state index < -0.39 is 23.3 Å². The minimum Gasteiger partial charge on any atom is -0.508 e. The number of phenols is 1. The Morgan fingerprint density at radius 1 is 0.923 bits per heavy atom. The molecule has 2 aromatic rings. The predicted octanol–water partition coefficient (Wildman–Crippen LogP) is 2.50. The van der Waals surface area contributed by atoms with Crippen molar-refractivity contribution < 1.29 is 34.0 Å². The van der Waals surface area contributed by atoms with E-state index in [4.69, 9.17) is 14.2 Å². The molecule has 7 heteroatoms. The Bertz CT molecular complexity index is 753. The van der Waals surface area contributed by atoms with Crippen LogP contribution in [0, 0.1) is 0 Å². The summed E-state index contributed by atoms with van der Waals surface area (Å²) in [7, 11) is 0. The van der Waals surface area contributed by atoms with E-state index in [1.807, 2.05) is 6.07 Å². The summed E-state index contributed by atoms with van der Waals surface area (Å²) in [6, 6.07) is 12.6. The van der Waals surface area contributed by atoms with Gasteiger partial charge in [-0.1, -0.05) is 18.2 Å². The monoisotopic (exact) mass is 360 g/mol. The van der Waals surface area contributed by atoms with E-state index in [0.29, 0.717) is 5.75 Å². The largest absolute Gasteiger partial charge is 0.508 e. The van der Waals surface area contributed by atoms with E-state index in [-0.39, 0.29) is 24.5 Å². The fraction of sp³-hybridized carbons (Fsp3) is 0.263. The first-order valence-corrected chi connectivity index (χ1v) is 8.06. The Labute approximate surface area is 150 Å². The lowest BCUT2D eigenvalue weighted by Gasteiger charge is -2.25. The van der Waals surface area contributed by atoms with Gasteiger partial charge in [-0.15, -0.1) is 0 Å². The van der Waals surface area contributed by atoms with Gasteiger partial charge in [0.15, 0.2) is 0 Å². The number of hydrogen-bond acceptors (Lipinski definition) is 7. The summed E-state index contributed by atoms with van der Waals surface area (Å²) in [5, 5.41) is 20.9. The number of carbonyl (C=O) groups excluding carboxylic acids is 2. The Balaban J connectivity index is 2.48. The summed E-state index contributed by atoms with van der Waals surface area (Å²) in [6.45, 7) is 2.92. The van der Waals surface area contributed by atoms with Crippen LogP contribution in [0.1, 0.15) is 19.4 Å². The van der Waals surface area contributed by atoms with Gasteiger partial charge in [-0.3, -0.25) is 0 Å². The number of carbonyl (C=O) groups is 2. The zero-order chi connectivity index (χ0) is 19.2. The van der Waals surface area contributed by atoms with Crippen LogP contribution in [0.25, 0.3) is 0 Å². The lowest BCUT2D eigenvalue weighted by molar-refractivity contribution is -0.185. The van der Waals surface area contributed by atoms with E-state index in [9.17, 15) is 19.8 Å². The number of aliphatic hydroxyl groups is 1. The van der Waals surface area contributed by atoms with Crippen LogP contribution in [0.15, 0.2) is 48.5 Å². The molecule has 0 atom stereocenters. The van der Waals surface area contributed by atoms with Gasteiger partial charge in [-0.2, -0.15) is 0 Å². The van der Waals surface area contributed by atoms with Gasteiger partial charge in [0.2, 0.25) is 0 Å². The number of benzene rings is 2. The highest BCUT2D eigenvalue weighted by atomic mass is 16.6. The summed E-state index contributed by atoms with van der Waals surface area (Å²) in [5.41, 5.74) is -3.20. The molecule has 0 spiro atoms. The van der Waals surface area contributed by atoms with Gasteiger partial charge in [-0.05, 0) is 44.2 Å². The standard InChI is InChI=1S/C19H20O7/c1-3-24-17(21)19(23,18(22)25-4-2)15-12-14(10-11-16(15)20)26-13-8-6-5-7-9-13/h5-12,20,23H,3-4H2,1-2H3. The first-order chi connectivity index (χ1) is 12.4. The minimum absolute atomic E-state index is 0.0679. The van der Waals surface area contributed by atoms with Gasteiger partial charge >= 0.3 is 11.9 Å². The zero-order valence-corrected chi connectivity index (χ0v) is 14.5. The van der Waals surface area contributed by atoms with Crippen molar-refractivity contribution in [3.05, 3.63) is 54.1 Å². The van der Waals surface area contributed by atoms with E-state index in [0.717, 1.165) is 0 Å². The maximum absolute atomic E-state index is 12.3. The molecule has 0 amide bonds. The molecule has 0 heterocycles. The van der Waals surface area contributed by atoms with Crippen LogP contribution < -0.4 is 4.74 Å². The van der Waals surface area contributed by atoms with Crippen molar-refractivity contribution in [3.8, 4) is 17.2 Å². The fourth-order valence-corrected chi connectivity index (χ4v) is 2.27. The van der Waals surface area contributed by atoms with E-state index in [2.05, 4.69) is 0 Å². The molecule has 0 aromatic heterocycles. The smallest absolute Gasteiger partial charge is 0.355 e. The van der Waals surface area contributed by atoms with Crippen molar-refractivity contribution in [2.24, 2.45) is 0 Å². The molecular formula is C19H20O7. The van der Waals surface area contributed by atoms with Gasteiger partial charge < -0.3 is 24.4 Å².